The first-order valence-electron chi connectivity index (χ1n) is 21.8. The van der Waals surface area contributed by atoms with E-state index >= 15 is 0 Å². The molecule has 2 N–H and O–H groups in total. The molecule has 0 spiro atoms. The van der Waals surface area contributed by atoms with E-state index < -0.39 is 23.4 Å². The Kier molecular flexibility index (Phi) is 13.1. The van der Waals surface area contributed by atoms with Crippen molar-refractivity contribution < 1.29 is 33.4 Å². The zero-order chi connectivity index (χ0) is 44.3. The summed E-state index contributed by atoms with van der Waals surface area (Å²) in [6.07, 6.45) is 2.72. The van der Waals surface area contributed by atoms with Crippen LogP contribution in [-0.4, -0.2) is 72.4 Å². The number of benzene rings is 4. The first kappa shape index (κ1) is 44.3. The second-order valence-corrected chi connectivity index (χ2v) is 18.9. The fourth-order valence-corrected chi connectivity index (χ4v) is 8.78. The zero-order valence-corrected chi connectivity index (χ0v) is 37.4. The normalized spacial score (nSPS) is 16.8. The fourth-order valence-electron chi connectivity index (χ4n) is 8.78. The predicted octanol–water partition coefficient (Wildman–Crippen LogP) is 10.3. The van der Waals surface area contributed by atoms with Crippen LogP contribution in [0.5, 0.6) is 0 Å². The maximum Gasteiger partial charge on any atom is 0.412 e. The summed E-state index contributed by atoms with van der Waals surface area (Å²) in [5, 5.41) is 5.73. The molecule has 4 aromatic carbocycles. The van der Waals surface area contributed by atoms with E-state index in [0.717, 1.165) is 78.1 Å². The molecule has 3 aliphatic heterocycles. The fraction of sp³-hybridized carbons (Fsp3) is 0.440. The summed E-state index contributed by atoms with van der Waals surface area (Å²) in [4.78, 5) is 60.2. The predicted molar refractivity (Wildman–Crippen MR) is 244 cm³/mol. The van der Waals surface area contributed by atoms with Crippen LogP contribution >= 0.6 is 0 Å². The molecule has 3 heterocycles. The Morgan fingerprint density at radius 1 is 0.645 bits per heavy atom. The molecule has 328 valence electrons. The van der Waals surface area contributed by atoms with Crippen LogP contribution in [0.1, 0.15) is 96.4 Å². The number of hydrogen-bond donors (Lipinski definition) is 2. The lowest BCUT2D eigenvalue weighted by molar-refractivity contribution is -0.123. The zero-order valence-electron chi connectivity index (χ0n) is 37.4. The van der Waals surface area contributed by atoms with Gasteiger partial charge in [0.15, 0.2) is 0 Å². The van der Waals surface area contributed by atoms with Crippen molar-refractivity contribution in [3.05, 3.63) is 107 Å². The van der Waals surface area contributed by atoms with Gasteiger partial charge >= 0.3 is 12.2 Å². The van der Waals surface area contributed by atoms with E-state index in [-0.39, 0.29) is 42.9 Å². The average molecular weight is 844 g/mol. The lowest BCUT2D eigenvalue weighted by atomic mass is 9.76. The Morgan fingerprint density at radius 2 is 1.16 bits per heavy atom. The summed E-state index contributed by atoms with van der Waals surface area (Å²) in [6, 6.07) is 27.6. The number of likely N-dealkylation sites (tertiary alicyclic amines) is 1. The Labute approximate surface area is 365 Å². The highest BCUT2D eigenvalue weighted by molar-refractivity contribution is 6.05. The largest absolute Gasteiger partial charge is 0.444 e. The molecular formula is C50H61N5O7. The molecule has 1 saturated heterocycles. The van der Waals surface area contributed by atoms with Gasteiger partial charge in [0.2, 0.25) is 5.91 Å². The Balaban J connectivity index is 1.12. The third-order valence-corrected chi connectivity index (χ3v) is 11.5. The minimum absolute atomic E-state index is 0.0317. The number of nitrogens with zero attached hydrogens (tertiary/aromatic N) is 3. The van der Waals surface area contributed by atoms with E-state index in [0.29, 0.717) is 23.5 Å². The van der Waals surface area contributed by atoms with Crippen molar-refractivity contribution in [2.24, 2.45) is 5.92 Å². The minimum Gasteiger partial charge on any atom is -0.444 e. The van der Waals surface area contributed by atoms with E-state index in [4.69, 9.17) is 14.2 Å². The standard InChI is InChI=1S/C50H61N5O7/c1-32(2)60-31-46(57)55-42-16-12-10-14-39(42)40(27-36-20-22-38(29-44(36)55)52-48(59)62-50(6,7)8)33-23-25-53(26-24-33)30-45(56)54-41-15-11-9-13-34(41)17-18-35-19-21-37(28-43(35)54)51-47(58)61-49(3,4)5/h9-16,19-22,28-29,32-33,40H,17-18,23-27,30-31H2,1-8H3,(H,51,58)(H,52,59). The molecule has 0 bridgehead atoms. The summed E-state index contributed by atoms with van der Waals surface area (Å²) in [7, 11) is 0. The van der Waals surface area contributed by atoms with Gasteiger partial charge in [-0.1, -0.05) is 48.5 Å². The molecule has 12 nitrogen and oxygen atoms in total. The molecule has 4 amide bonds. The molecule has 62 heavy (non-hydrogen) atoms. The number of hydrogen-bond acceptors (Lipinski definition) is 8. The van der Waals surface area contributed by atoms with Gasteiger partial charge in [-0.05, 0) is 171 Å². The smallest absolute Gasteiger partial charge is 0.412 e. The topological polar surface area (TPSA) is 130 Å². The van der Waals surface area contributed by atoms with E-state index in [2.05, 4.69) is 27.7 Å². The summed E-state index contributed by atoms with van der Waals surface area (Å²) in [6.45, 7) is 16.3. The lowest BCUT2D eigenvalue weighted by Gasteiger charge is -2.37. The quantitative estimate of drug-likeness (QED) is 0.179. The number of carbonyl (C=O) groups excluding carboxylic acids is 4. The first-order valence-corrected chi connectivity index (χ1v) is 21.8. The van der Waals surface area contributed by atoms with Crippen LogP contribution in [0.25, 0.3) is 0 Å². The number of fused-ring (bicyclic) bond motifs is 4. The van der Waals surface area contributed by atoms with Gasteiger partial charge in [0.05, 0.1) is 35.4 Å². The summed E-state index contributed by atoms with van der Waals surface area (Å²) < 4.78 is 16.9. The number of amides is 4. The Morgan fingerprint density at radius 3 is 1.76 bits per heavy atom. The van der Waals surface area contributed by atoms with Gasteiger partial charge in [0, 0.05) is 11.4 Å². The van der Waals surface area contributed by atoms with Crippen LogP contribution in [0.3, 0.4) is 0 Å². The molecular weight excluding hydrogens is 783 g/mol. The first-order chi connectivity index (χ1) is 29.4. The molecule has 12 heteroatoms. The molecule has 0 aliphatic carbocycles. The number of rotatable bonds is 8. The van der Waals surface area contributed by atoms with Crippen molar-refractivity contribution in [3.8, 4) is 0 Å². The molecule has 7 rings (SSSR count). The molecule has 1 atom stereocenters. The van der Waals surface area contributed by atoms with Gasteiger partial charge in [0.1, 0.15) is 17.8 Å². The van der Waals surface area contributed by atoms with Crippen LogP contribution in [-0.2, 0) is 43.1 Å². The molecule has 3 aliphatic rings. The average Bonchev–Trinajstić information content (AvgIpc) is 3.45. The van der Waals surface area contributed by atoms with Crippen molar-refractivity contribution in [1.82, 2.24) is 4.90 Å². The van der Waals surface area contributed by atoms with E-state index in [1.54, 1.807) is 4.90 Å². The number of anilines is 6. The number of ether oxygens (including phenoxy) is 3. The van der Waals surface area contributed by atoms with Gasteiger partial charge in [-0.3, -0.25) is 34.9 Å². The van der Waals surface area contributed by atoms with E-state index in [1.165, 1.54) is 0 Å². The van der Waals surface area contributed by atoms with Gasteiger partial charge in [-0.2, -0.15) is 0 Å². The van der Waals surface area contributed by atoms with Gasteiger partial charge in [-0.25, -0.2) is 9.59 Å². The van der Waals surface area contributed by atoms with Crippen molar-refractivity contribution in [3.63, 3.8) is 0 Å². The molecule has 0 saturated carbocycles. The van der Waals surface area contributed by atoms with Crippen LogP contribution in [0.2, 0.25) is 0 Å². The SMILES string of the molecule is CC(C)OCC(=O)N1c2cc(NC(=O)OC(C)(C)C)ccc2CC(C2CCN(CC(=O)N3c4ccccc4CCc4ccc(NC(=O)OC(C)(C)C)cc43)CC2)c2ccccc21. The molecule has 0 aromatic heterocycles. The Bertz CT molecular complexity index is 2300. The molecule has 0 radical (unpaired) electrons. The maximum absolute atomic E-state index is 14.6. The molecule has 4 aromatic rings. The summed E-state index contributed by atoms with van der Waals surface area (Å²) in [5.41, 5.74) is 7.12. The van der Waals surface area contributed by atoms with Crippen molar-refractivity contribution in [2.45, 2.75) is 111 Å². The summed E-state index contributed by atoms with van der Waals surface area (Å²) >= 11 is 0. The number of para-hydroxylation sites is 2. The van der Waals surface area contributed by atoms with Crippen LogP contribution < -0.4 is 20.4 Å². The highest BCUT2D eigenvalue weighted by Gasteiger charge is 2.37. The highest BCUT2D eigenvalue weighted by Crippen LogP contribution is 2.47. The van der Waals surface area contributed by atoms with Crippen LogP contribution in [0.15, 0.2) is 84.9 Å². The summed E-state index contributed by atoms with van der Waals surface area (Å²) in [5.74, 6) is 0.144. The lowest BCUT2D eigenvalue weighted by Crippen LogP contribution is -2.43. The second kappa shape index (κ2) is 18.3. The number of nitrogens with one attached hydrogen (secondary N) is 2. The van der Waals surface area contributed by atoms with E-state index in [9.17, 15) is 19.2 Å². The Hall–Kier alpha value is -5.72. The van der Waals surface area contributed by atoms with Crippen molar-refractivity contribution in [1.29, 1.82) is 0 Å². The monoisotopic (exact) mass is 843 g/mol. The minimum atomic E-state index is -0.670. The van der Waals surface area contributed by atoms with Gasteiger partial charge in [0.25, 0.3) is 5.91 Å². The molecule has 1 unspecified atom stereocenters. The van der Waals surface area contributed by atoms with E-state index in [1.807, 2.05) is 133 Å². The third kappa shape index (κ3) is 10.7. The second-order valence-electron chi connectivity index (χ2n) is 18.9. The third-order valence-electron chi connectivity index (χ3n) is 11.5. The number of aryl methyl sites for hydroxylation is 2. The van der Waals surface area contributed by atoms with Crippen LogP contribution in [0.4, 0.5) is 43.7 Å². The van der Waals surface area contributed by atoms with Crippen molar-refractivity contribution >= 4 is 58.1 Å². The van der Waals surface area contributed by atoms with Gasteiger partial charge in [-0.15, -0.1) is 0 Å². The number of piperidine rings is 1. The van der Waals surface area contributed by atoms with Crippen molar-refractivity contribution in [2.75, 3.05) is 46.7 Å². The highest BCUT2D eigenvalue weighted by atomic mass is 16.6. The number of carbonyl (C=O) groups is 4. The van der Waals surface area contributed by atoms with Gasteiger partial charge < -0.3 is 14.2 Å². The maximum atomic E-state index is 14.6. The van der Waals surface area contributed by atoms with Crippen LogP contribution in [0, 0.1) is 5.92 Å². The molecule has 1 fully saturated rings.